The summed E-state index contributed by atoms with van der Waals surface area (Å²) in [5, 5.41) is 17.5. The van der Waals surface area contributed by atoms with Gasteiger partial charge in [0.25, 0.3) is 11.8 Å². The number of ether oxygens (including phenoxy) is 1. The van der Waals surface area contributed by atoms with Gasteiger partial charge in [-0.3, -0.25) is 29.0 Å². The highest BCUT2D eigenvalue weighted by atomic mass is 19.4. The van der Waals surface area contributed by atoms with Crippen LogP contribution in [0.25, 0.3) is 0 Å². The number of nitrogens with one attached hydrogen (secondary N) is 4. The molecule has 3 aromatic rings. The summed E-state index contributed by atoms with van der Waals surface area (Å²) in [4.78, 5) is 69.7. The molecule has 0 radical (unpaired) electrons. The second kappa shape index (κ2) is 16.2. The molecule has 2 aromatic carbocycles. The number of rotatable bonds is 15. The number of hydrogen-bond donors (Lipinski definition) is 4. The third-order valence-electron chi connectivity index (χ3n) is 7.73. The van der Waals surface area contributed by atoms with Gasteiger partial charge in [0.15, 0.2) is 0 Å². The summed E-state index contributed by atoms with van der Waals surface area (Å²) in [6.45, 7) is -2.11. The van der Waals surface area contributed by atoms with Crippen molar-refractivity contribution in [3.05, 3.63) is 95.3 Å². The first kappa shape index (κ1) is 37.9. The van der Waals surface area contributed by atoms with Crippen molar-refractivity contribution in [2.24, 2.45) is 5.92 Å². The highest BCUT2D eigenvalue weighted by molar-refractivity contribution is 6.11. The molecule has 1 aliphatic carbocycles. The summed E-state index contributed by atoms with van der Waals surface area (Å²) in [6.07, 6.45) is -3.50. The zero-order chi connectivity index (χ0) is 37.3. The van der Waals surface area contributed by atoms with Crippen LogP contribution in [-0.4, -0.2) is 72.2 Å². The van der Waals surface area contributed by atoms with Crippen LogP contribution in [0.5, 0.6) is 5.75 Å². The molecule has 0 aliphatic heterocycles. The summed E-state index contributed by atoms with van der Waals surface area (Å²) in [6, 6.07) is 13.1. The van der Waals surface area contributed by atoms with Gasteiger partial charge in [0.05, 0.1) is 24.8 Å². The van der Waals surface area contributed by atoms with Crippen LogP contribution < -0.4 is 26.0 Å². The maximum atomic E-state index is 14.9. The molecule has 17 heteroatoms. The van der Waals surface area contributed by atoms with Gasteiger partial charge in [-0.25, -0.2) is 0 Å². The van der Waals surface area contributed by atoms with Crippen LogP contribution in [0.4, 0.5) is 22.0 Å². The Morgan fingerprint density at radius 3 is 2.22 bits per heavy atom. The molecule has 1 aliphatic rings. The molecular formula is C34H31F5N6O6. The molecule has 1 heterocycles. The van der Waals surface area contributed by atoms with Gasteiger partial charge in [-0.1, -0.05) is 30.3 Å². The van der Waals surface area contributed by atoms with E-state index in [1.807, 2.05) is 6.07 Å². The van der Waals surface area contributed by atoms with E-state index in [0.29, 0.717) is 11.3 Å². The lowest BCUT2D eigenvalue weighted by Crippen LogP contribution is -2.58. The predicted molar refractivity (Wildman–Crippen MR) is 168 cm³/mol. The van der Waals surface area contributed by atoms with E-state index in [9.17, 15) is 51.2 Å². The van der Waals surface area contributed by atoms with Crippen LogP contribution in [0.2, 0.25) is 0 Å². The van der Waals surface area contributed by atoms with E-state index in [2.05, 4.69) is 20.9 Å². The second-order valence-corrected chi connectivity index (χ2v) is 11.5. The highest BCUT2D eigenvalue weighted by Crippen LogP contribution is 2.36. The lowest BCUT2D eigenvalue weighted by atomic mass is 9.98. The summed E-state index contributed by atoms with van der Waals surface area (Å²) in [7, 11) is 1.37. The van der Waals surface area contributed by atoms with Gasteiger partial charge in [-0.05, 0) is 66.3 Å². The fourth-order valence-electron chi connectivity index (χ4n) is 4.94. The molecule has 1 fully saturated rings. The van der Waals surface area contributed by atoms with Gasteiger partial charge in [0.2, 0.25) is 17.6 Å². The summed E-state index contributed by atoms with van der Waals surface area (Å²) in [5.74, 6) is -13.0. The Morgan fingerprint density at radius 2 is 1.63 bits per heavy atom. The zero-order valence-corrected chi connectivity index (χ0v) is 26.8. The van der Waals surface area contributed by atoms with Crippen molar-refractivity contribution in [1.29, 1.82) is 5.26 Å². The number of nitrogens with zero attached hydrogens (tertiary/aromatic N) is 2. The highest BCUT2D eigenvalue weighted by Gasteiger charge is 2.54. The summed E-state index contributed by atoms with van der Waals surface area (Å²) >= 11 is 0. The van der Waals surface area contributed by atoms with Crippen LogP contribution in [0.15, 0.2) is 72.9 Å². The largest absolute Gasteiger partial charge is 0.497 e. The zero-order valence-electron chi connectivity index (χ0n) is 26.8. The molecule has 0 spiro atoms. The topological polar surface area (TPSA) is 179 Å². The maximum Gasteiger partial charge on any atom is 0.405 e. The molecule has 4 amide bonds. The van der Waals surface area contributed by atoms with Gasteiger partial charge < -0.3 is 26.0 Å². The number of methoxy groups -OCH3 is 1. The minimum Gasteiger partial charge on any atom is -0.497 e. The van der Waals surface area contributed by atoms with E-state index in [1.54, 1.807) is 24.3 Å². The number of alkyl halides is 5. The minimum absolute atomic E-state index is 0.0449. The second-order valence-electron chi connectivity index (χ2n) is 11.5. The molecule has 4 N–H and O–H groups in total. The monoisotopic (exact) mass is 714 g/mol. The number of carbonyl (C=O) groups is 5. The molecule has 4 rings (SSSR count). The van der Waals surface area contributed by atoms with Crippen molar-refractivity contribution in [2.45, 2.75) is 49.5 Å². The van der Waals surface area contributed by atoms with Gasteiger partial charge in [0.1, 0.15) is 30.1 Å². The summed E-state index contributed by atoms with van der Waals surface area (Å²) < 4.78 is 72.6. The number of amides is 4. The Kier molecular flexibility index (Phi) is 12.0. The van der Waals surface area contributed by atoms with E-state index in [0.717, 1.165) is 5.32 Å². The first-order chi connectivity index (χ1) is 24.1. The Morgan fingerprint density at radius 1 is 0.922 bits per heavy atom. The molecule has 12 nitrogen and oxygen atoms in total. The molecule has 3 unspecified atom stereocenters. The Balaban J connectivity index is 1.63. The third kappa shape index (κ3) is 10.3. The van der Waals surface area contributed by atoms with E-state index >= 15 is 0 Å². The number of benzene rings is 2. The van der Waals surface area contributed by atoms with Gasteiger partial charge in [-0.2, -0.15) is 27.2 Å². The average molecular weight is 715 g/mol. The standard InChI is InChI=1S/C34H31F5N6O6/c1-51-23-12-10-22(11-13-23)27(31(49)44-26(21-8-9-21)28(46)34(38,39)32(50)42-18-33(35,36)37)45-30(48)25(16-19-5-4-6-20(15-19)17-40)43-29(47)24-7-2-3-14-41-24/h2-7,10-15,21,25-27H,8-9,16,18H2,1H3,(H,42,50)(H,43,47)(H,44,49)(H,45,48). The molecule has 0 bridgehead atoms. The number of Topliss-reactive ketones (excluding diaryl/α,β-unsaturated/α-hetero) is 1. The number of carbonyl (C=O) groups excluding carboxylic acids is 5. The number of hydrogen-bond acceptors (Lipinski definition) is 8. The lowest BCUT2D eigenvalue weighted by molar-refractivity contribution is -0.165. The normalized spacial score (nSPS) is 14.5. The van der Waals surface area contributed by atoms with Crippen LogP contribution in [0, 0.1) is 17.2 Å². The maximum absolute atomic E-state index is 14.9. The Bertz CT molecular complexity index is 1800. The van der Waals surface area contributed by atoms with Crippen LogP contribution in [0.3, 0.4) is 0 Å². The number of pyridine rings is 1. The number of halogens is 5. The van der Waals surface area contributed by atoms with Crippen LogP contribution >= 0.6 is 0 Å². The molecular weight excluding hydrogens is 683 g/mol. The van der Waals surface area contributed by atoms with Gasteiger partial charge in [-0.15, -0.1) is 0 Å². The van der Waals surface area contributed by atoms with Crippen molar-refractivity contribution in [3.63, 3.8) is 0 Å². The molecule has 3 atom stereocenters. The fourth-order valence-corrected chi connectivity index (χ4v) is 4.94. The smallest absolute Gasteiger partial charge is 0.405 e. The molecule has 51 heavy (non-hydrogen) atoms. The lowest BCUT2D eigenvalue weighted by Gasteiger charge is -2.27. The van der Waals surface area contributed by atoms with E-state index in [4.69, 9.17) is 4.74 Å². The summed E-state index contributed by atoms with van der Waals surface area (Å²) in [5.41, 5.74) is 0.750. The predicted octanol–water partition coefficient (Wildman–Crippen LogP) is 2.94. The average Bonchev–Trinajstić information content (AvgIpc) is 3.97. The fraction of sp³-hybridized carbons (Fsp3) is 0.324. The molecule has 1 aromatic heterocycles. The first-order valence-corrected chi connectivity index (χ1v) is 15.4. The van der Waals surface area contributed by atoms with Gasteiger partial charge >= 0.3 is 12.1 Å². The SMILES string of the molecule is COc1ccc(C(NC(=O)C(Cc2cccc(C#N)c2)NC(=O)c2ccccn2)C(=O)NC(C(=O)C(F)(F)C(=O)NCC(F)(F)F)C2CC2)cc1. The molecule has 0 saturated heterocycles. The van der Waals surface area contributed by atoms with E-state index in [-0.39, 0.29) is 36.1 Å². The Hall–Kier alpha value is -5.92. The molecule has 268 valence electrons. The third-order valence-corrected chi connectivity index (χ3v) is 7.73. The van der Waals surface area contributed by atoms with Crippen molar-refractivity contribution in [1.82, 2.24) is 26.3 Å². The number of ketones is 1. The van der Waals surface area contributed by atoms with Crippen molar-refractivity contribution in [3.8, 4) is 11.8 Å². The first-order valence-electron chi connectivity index (χ1n) is 15.4. The molecule has 1 saturated carbocycles. The number of nitriles is 1. The van der Waals surface area contributed by atoms with E-state index < -0.39 is 72.1 Å². The van der Waals surface area contributed by atoms with Crippen molar-refractivity contribution in [2.75, 3.05) is 13.7 Å². The van der Waals surface area contributed by atoms with Crippen LogP contribution in [-0.2, 0) is 25.6 Å². The minimum atomic E-state index is -5.03. The Labute approximate surface area is 287 Å². The van der Waals surface area contributed by atoms with Crippen molar-refractivity contribution >= 4 is 29.4 Å². The van der Waals surface area contributed by atoms with Gasteiger partial charge in [0, 0.05) is 12.6 Å². The van der Waals surface area contributed by atoms with E-state index in [1.165, 1.54) is 55.8 Å². The van der Waals surface area contributed by atoms with Crippen molar-refractivity contribution < 1.29 is 50.7 Å². The quantitative estimate of drug-likeness (QED) is 0.137. The number of aromatic nitrogens is 1. The van der Waals surface area contributed by atoms with Crippen LogP contribution in [0.1, 0.15) is 46.1 Å².